The topological polar surface area (TPSA) is 43.3 Å². The number of nitrogens with zero attached hydrogens (tertiary/aromatic N) is 2. The third-order valence-electron chi connectivity index (χ3n) is 4.17. The molecule has 3 heteroatoms. The van der Waals surface area contributed by atoms with Gasteiger partial charge in [-0.2, -0.15) is 0 Å². The summed E-state index contributed by atoms with van der Waals surface area (Å²) in [6.07, 6.45) is 4.01. The monoisotopic (exact) mass is 299 g/mol. The predicted molar refractivity (Wildman–Crippen MR) is 95.2 cm³/mol. The molecule has 2 N–H and O–H groups in total. The van der Waals surface area contributed by atoms with E-state index in [-0.39, 0.29) is 0 Å². The number of hydrogen-bond donors (Lipinski definition) is 1. The molecule has 0 atom stereocenters. The molecule has 0 aliphatic heterocycles. The zero-order chi connectivity index (χ0) is 15.8. The van der Waals surface area contributed by atoms with Crippen LogP contribution in [0.15, 0.2) is 73.1 Å². The van der Waals surface area contributed by atoms with Crippen molar-refractivity contribution < 1.29 is 0 Å². The summed E-state index contributed by atoms with van der Waals surface area (Å²) in [4.78, 5) is 4.68. The van der Waals surface area contributed by atoms with Gasteiger partial charge in [0.2, 0.25) is 0 Å². The molecule has 0 unspecified atom stereocenters. The Morgan fingerprint density at radius 1 is 0.826 bits per heavy atom. The van der Waals surface area contributed by atoms with Crippen molar-refractivity contribution in [3.63, 3.8) is 0 Å². The molecule has 0 bridgehead atoms. The Labute approximate surface area is 135 Å². The molecule has 4 rings (SSSR count). The van der Waals surface area contributed by atoms with E-state index in [1.54, 1.807) is 0 Å². The standard InChI is InChI=1S/C20H17N3/c1-14-11-12-23-13-18(22-20(23)19(14)21)17-9-7-16(8-10-17)15-5-3-2-4-6-15/h2-13H,21H2,1H3. The fourth-order valence-electron chi connectivity index (χ4n) is 2.77. The number of imidazole rings is 1. The predicted octanol–water partition coefficient (Wildman–Crippen LogP) is 4.56. The lowest BCUT2D eigenvalue weighted by atomic mass is 10.0. The molecule has 2 aromatic carbocycles. The van der Waals surface area contributed by atoms with Gasteiger partial charge in [0.15, 0.2) is 5.65 Å². The normalized spacial score (nSPS) is 11.0. The molecule has 2 aromatic heterocycles. The minimum absolute atomic E-state index is 0.736. The van der Waals surface area contributed by atoms with Crippen molar-refractivity contribution in [1.82, 2.24) is 9.38 Å². The van der Waals surface area contributed by atoms with Crippen LogP contribution in [0.2, 0.25) is 0 Å². The Morgan fingerprint density at radius 3 is 2.22 bits per heavy atom. The third-order valence-corrected chi connectivity index (χ3v) is 4.17. The van der Waals surface area contributed by atoms with E-state index in [9.17, 15) is 0 Å². The SMILES string of the molecule is Cc1ccn2cc(-c3ccc(-c4ccccc4)cc3)nc2c1N. The summed E-state index contributed by atoms with van der Waals surface area (Å²) < 4.78 is 1.97. The maximum atomic E-state index is 6.13. The molecule has 0 aliphatic rings. The minimum atomic E-state index is 0.736. The first-order valence-electron chi connectivity index (χ1n) is 7.62. The number of aryl methyl sites for hydroxylation is 1. The van der Waals surface area contributed by atoms with E-state index in [2.05, 4.69) is 53.5 Å². The zero-order valence-corrected chi connectivity index (χ0v) is 12.9. The Bertz CT molecular complexity index is 967. The van der Waals surface area contributed by atoms with Gasteiger partial charge in [0.25, 0.3) is 0 Å². The number of pyridine rings is 1. The maximum absolute atomic E-state index is 6.13. The lowest BCUT2D eigenvalue weighted by Crippen LogP contribution is -1.94. The molecule has 0 saturated carbocycles. The highest BCUT2D eigenvalue weighted by atomic mass is 15.0. The minimum Gasteiger partial charge on any atom is -0.395 e. The van der Waals surface area contributed by atoms with Crippen LogP contribution in [0, 0.1) is 6.92 Å². The number of nitrogens with two attached hydrogens (primary N) is 1. The van der Waals surface area contributed by atoms with E-state index >= 15 is 0 Å². The number of anilines is 1. The summed E-state index contributed by atoms with van der Waals surface area (Å²) in [6.45, 7) is 2.00. The highest BCUT2D eigenvalue weighted by Gasteiger charge is 2.08. The van der Waals surface area contributed by atoms with E-state index in [0.717, 1.165) is 28.2 Å². The zero-order valence-electron chi connectivity index (χ0n) is 12.9. The molecule has 0 saturated heterocycles. The highest BCUT2D eigenvalue weighted by Crippen LogP contribution is 2.26. The van der Waals surface area contributed by atoms with E-state index in [0.29, 0.717) is 0 Å². The quantitative estimate of drug-likeness (QED) is 0.589. The van der Waals surface area contributed by atoms with Crippen molar-refractivity contribution in [3.05, 3.63) is 78.6 Å². The van der Waals surface area contributed by atoms with Crippen LogP contribution in [0.3, 0.4) is 0 Å². The number of fused-ring (bicyclic) bond motifs is 1. The first-order chi connectivity index (χ1) is 11.2. The van der Waals surface area contributed by atoms with Crippen molar-refractivity contribution >= 4 is 11.3 Å². The van der Waals surface area contributed by atoms with Crippen LogP contribution in [-0.4, -0.2) is 9.38 Å². The smallest absolute Gasteiger partial charge is 0.160 e. The number of nitrogen functional groups attached to an aromatic ring is 1. The Balaban J connectivity index is 1.75. The summed E-state index contributed by atoms with van der Waals surface area (Å²) in [5, 5.41) is 0. The first kappa shape index (κ1) is 13.6. The second-order valence-electron chi connectivity index (χ2n) is 5.71. The van der Waals surface area contributed by atoms with Crippen molar-refractivity contribution in [2.75, 3.05) is 5.73 Å². The van der Waals surface area contributed by atoms with Crippen LogP contribution < -0.4 is 5.73 Å². The molecule has 0 spiro atoms. The van der Waals surface area contributed by atoms with Crippen LogP contribution in [-0.2, 0) is 0 Å². The summed E-state index contributed by atoms with van der Waals surface area (Å²) >= 11 is 0. The van der Waals surface area contributed by atoms with Gasteiger partial charge in [0, 0.05) is 18.0 Å². The highest BCUT2D eigenvalue weighted by molar-refractivity contribution is 5.74. The molecule has 0 fully saturated rings. The van der Waals surface area contributed by atoms with E-state index < -0.39 is 0 Å². The van der Waals surface area contributed by atoms with Gasteiger partial charge < -0.3 is 10.1 Å². The van der Waals surface area contributed by atoms with Gasteiger partial charge in [0.05, 0.1) is 11.4 Å². The number of aromatic nitrogens is 2. The molecule has 4 aromatic rings. The number of benzene rings is 2. The number of rotatable bonds is 2. The van der Waals surface area contributed by atoms with Gasteiger partial charge in [-0.05, 0) is 29.7 Å². The van der Waals surface area contributed by atoms with Gasteiger partial charge in [-0.3, -0.25) is 0 Å². The molecule has 23 heavy (non-hydrogen) atoms. The van der Waals surface area contributed by atoms with E-state index in [4.69, 9.17) is 5.73 Å². The second-order valence-corrected chi connectivity index (χ2v) is 5.71. The van der Waals surface area contributed by atoms with Gasteiger partial charge in [0.1, 0.15) is 0 Å². The van der Waals surface area contributed by atoms with E-state index in [1.807, 2.05) is 35.9 Å². The average Bonchev–Trinajstić information content (AvgIpc) is 3.04. The average molecular weight is 299 g/mol. The molecule has 3 nitrogen and oxygen atoms in total. The summed E-state index contributed by atoms with van der Waals surface area (Å²) in [6, 6.07) is 20.8. The summed E-state index contributed by atoms with van der Waals surface area (Å²) in [5.41, 5.74) is 13.2. The fraction of sp³-hybridized carbons (Fsp3) is 0.0500. The van der Waals surface area contributed by atoms with E-state index in [1.165, 1.54) is 11.1 Å². The Kier molecular flexibility index (Phi) is 3.12. The van der Waals surface area contributed by atoms with Gasteiger partial charge >= 0.3 is 0 Å². The second kappa shape index (κ2) is 5.29. The van der Waals surface area contributed by atoms with Crippen LogP contribution in [0.1, 0.15) is 5.56 Å². The molecule has 0 amide bonds. The van der Waals surface area contributed by atoms with Gasteiger partial charge in [-0.15, -0.1) is 0 Å². The molecule has 112 valence electrons. The Morgan fingerprint density at radius 2 is 1.48 bits per heavy atom. The molecular formula is C20H17N3. The fourth-order valence-corrected chi connectivity index (χ4v) is 2.77. The van der Waals surface area contributed by atoms with Gasteiger partial charge in [-0.1, -0.05) is 54.6 Å². The van der Waals surface area contributed by atoms with Gasteiger partial charge in [-0.25, -0.2) is 4.98 Å². The van der Waals surface area contributed by atoms with Crippen molar-refractivity contribution in [1.29, 1.82) is 0 Å². The van der Waals surface area contributed by atoms with Crippen molar-refractivity contribution in [2.24, 2.45) is 0 Å². The van der Waals surface area contributed by atoms with Crippen molar-refractivity contribution in [2.45, 2.75) is 6.92 Å². The largest absolute Gasteiger partial charge is 0.395 e. The first-order valence-corrected chi connectivity index (χ1v) is 7.62. The molecular weight excluding hydrogens is 282 g/mol. The van der Waals surface area contributed by atoms with Crippen LogP contribution in [0.4, 0.5) is 5.69 Å². The van der Waals surface area contributed by atoms with Crippen LogP contribution in [0.25, 0.3) is 28.0 Å². The molecule has 0 aliphatic carbocycles. The van der Waals surface area contributed by atoms with Crippen molar-refractivity contribution in [3.8, 4) is 22.4 Å². The lowest BCUT2D eigenvalue weighted by Gasteiger charge is -2.02. The summed E-state index contributed by atoms with van der Waals surface area (Å²) in [5.74, 6) is 0. The third kappa shape index (κ3) is 2.36. The molecule has 2 heterocycles. The summed E-state index contributed by atoms with van der Waals surface area (Å²) in [7, 11) is 0. The van der Waals surface area contributed by atoms with Crippen LogP contribution in [0.5, 0.6) is 0 Å². The maximum Gasteiger partial charge on any atom is 0.160 e. The molecule has 0 radical (unpaired) electrons. The van der Waals surface area contributed by atoms with Crippen LogP contribution >= 0.6 is 0 Å². The Hall–Kier alpha value is -3.07. The lowest BCUT2D eigenvalue weighted by molar-refractivity contribution is 1.17. The number of hydrogen-bond acceptors (Lipinski definition) is 2.